The number of sulfonamides is 1. The van der Waals surface area contributed by atoms with E-state index in [1.54, 1.807) is 0 Å². The van der Waals surface area contributed by atoms with Crippen LogP contribution >= 0.6 is 0 Å². The number of nitrogens with one attached hydrogen (secondary N) is 2. The van der Waals surface area contributed by atoms with Gasteiger partial charge >= 0.3 is 0 Å². The van der Waals surface area contributed by atoms with Gasteiger partial charge in [0.15, 0.2) is 0 Å². The maximum Gasteiger partial charge on any atom is 0.251 e. The number of nitrogens with zero attached hydrogens (tertiary/aromatic N) is 1. The van der Waals surface area contributed by atoms with Crippen LogP contribution in [0.25, 0.3) is 0 Å². The van der Waals surface area contributed by atoms with E-state index in [0.717, 1.165) is 15.4 Å². The van der Waals surface area contributed by atoms with E-state index in [1.165, 1.54) is 38.4 Å². The second-order valence-electron chi connectivity index (χ2n) is 6.94. The van der Waals surface area contributed by atoms with Crippen molar-refractivity contribution >= 4 is 21.8 Å². The molecule has 0 aromatic heterocycles. The van der Waals surface area contributed by atoms with Crippen LogP contribution in [0.2, 0.25) is 0 Å². The molecule has 0 aliphatic carbocycles. The SMILES string of the molecule is CC[C@@H](NC(=O)CNC(=O)c1cccc(S(=O)(=O)N(C)C)c1)c1ccc(C)cc1. The van der Waals surface area contributed by atoms with E-state index in [2.05, 4.69) is 10.6 Å². The van der Waals surface area contributed by atoms with Crippen molar-refractivity contribution in [2.24, 2.45) is 0 Å². The third-order valence-corrected chi connectivity index (χ3v) is 6.32. The van der Waals surface area contributed by atoms with Gasteiger partial charge in [0.05, 0.1) is 17.5 Å². The third kappa shape index (κ3) is 5.88. The molecule has 1 atom stereocenters. The summed E-state index contributed by atoms with van der Waals surface area (Å²) in [6.07, 6.45) is 0.715. The first-order valence-corrected chi connectivity index (χ1v) is 10.8. The maximum atomic E-state index is 12.4. The Balaban J connectivity index is 1.99. The molecule has 0 unspecified atom stereocenters. The molecule has 0 aliphatic rings. The lowest BCUT2D eigenvalue weighted by molar-refractivity contribution is -0.120. The molecule has 0 spiro atoms. The molecule has 0 saturated heterocycles. The zero-order valence-electron chi connectivity index (χ0n) is 17.1. The van der Waals surface area contributed by atoms with Gasteiger partial charge in [-0.25, -0.2) is 12.7 Å². The van der Waals surface area contributed by atoms with Crippen LogP contribution in [0.5, 0.6) is 0 Å². The van der Waals surface area contributed by atoms with Gasteiger partial charge < -0.3 is 10.6 Å². The fourth-order valence-corrected chi connectivity index (χ4v) is 3.68. The molecule has 0 bridgehead atoms. The molecule has 0 saturated carbocycles. The average molecular weight is 418 g/mol. The molecule has 0 aliphatic heterocycles. The van der Waals surface area contributed by atoms with Gasteiger partial charge in [-0.2, -0.15) is 0 Å². The minimum atomic E-state index is -3.64. The number of aryl methyl sites for hydroxylation is 1. The van der Waals surface area contributed by atoms with Crippen LogP contribution < -0.4 is 10.6 Å². The normalized spacial score (nSPS) is 12.4. The van der Waals surface area contributed by atoms with E-state index in [0.29, 0.717) is 6.42 Å². The zero-order chi connectivity index (χ0) is 21.6. The van der Waals surface area contributed by atoms with Gasteiger partial charge in [0.25, 0.3) is 5.91 Å². The molecule has 0 radical (unpaired) electrons. The molecular formula is C21H27N3O4S. The van der Waals surface area contributed by atoms with Crippen molar-refractivity contribution in [3.05, 3.63) is 65.2 Å². The first-order chi connectivity index (χ1) is 13.6. The summed E-state index contributed by atoms with van der Waals surface area (Å²) in [5, 5.41) is 5.44. The van der Waals surface area contributed by atoms with Gasteiger partial charge in [-0.3, -0.25) is 9.59 Å². The van der Waals surface area contributed by atoms with Crippen LogP contribution in [0, 0.1) is 6.92 Å². The summed E-state index contributed by atoms with van der Waals surface area (Å²) >= 11 is 0. The number of carbonyl (C=O) groups is 2. The lowest BCUT2D eigenvalue weighted by Crippen LogP contribution is -2.38. The van der Waals surface area contributed by atoms with Crippen LogP contribution in [-0.2, 0) is 14.8 Å². The van der Waals surface area contributed by atoms with Crippen molar-refractivity contribution < 1.29 is 18.0 Å². The van der Waals surface area contributed by atoms with E-state index in [-0.39, 0.29) is 29.0 Å². The fourth-order valence-electron chi connectivity index (χ4n) is 2.74. The Morgan fingerprint density at radius 2 is 1.72 bits per heavy atom. The van der Waals surface area contributed by atoms with Gasteiger partial charge in [-0.05, 0) is 37.1 Å². The average Bonchev–Trinajstić information content (AvgIpc) is 2.71. The lowest BCUT2D eigenvalue weighted by Gasteiger charge is -2.18. The summed E-state index contributed by atoms with van der Waals surface area (Å²) in [5.41, 5.74) is 2.31. The summed E-state index contributed by atoms with van der Waals surface area (Å²) in [6, 6.07) is 13.5. The predicted octanol–water partition coefficient (Wildman–Crippen LogP) is 2.24. The molecule has 0 heterocycles. The van der Waals surface area contributed by atoms with Crippen LogP contribution in [0.1, 0.15) is 40.9 Å². The van der Waals surface area contributed by atoms with E-state index in [9.17, 15) is 18.0 Å². The van der Waals surface area contributed by atoms with Gasteiger partial charge in [-0.15, -0.1) is 0 Å². The van der Waals surface area contributed by atoms with Gasteiger partial charge in [0.1, 0.15) is 0 Å². The number of carbonyl (C=O) groups excluding carboxylic acids is 2. The van der Waals surface area contributed by atoms with Crippen LogP contribution in [0.15, 0.2) is 53.4 Å². The van der Waals surface area contributed by atoms with Crippen molar-refractivity contribution in [1.29, 1.82) is 0 Å². The molecule has 2 N–H and O–H groups in total. The zero-order valence-corrected chi connectivity index (χ0v) is 17.9. The van der Waals surface area contributed by atoms with Crippen molar-refractivity contribution in [2.45, 2.75) is 31.2 Å². The highest BCUT2D eigenvalue weighted by Gasteiger charge is 2.19. The Labute approximate surface area is 172 Å². The van der Waals surface area contributed by atoms with Crippen LogP contribution in [-0.4, -0.2) is 45.2 Å². The van der Waals surface area contributed by atoms with Crippen molar-refractivity contribution in [1.82, 2.24) is 14.9 Å². The second kappa shape index (κ2) is 9.67. The van der Waals surface area contributed by atoms with Crippen LogP contribution in [0.3, 0.4) is 0 Å². The molecule has 29 heavy (non-hydrogen) atoms. The Morgan fingerprint density at radius 3 is 2.31 bits per heavy atom. The van der Waals surface area contributed by atoms with Crippen LogP contribution in [0.4, 0.5) is 0 Å². The summed E-state index contributed by atoms with van der Waals surface area (Å²) in [4.78, 5) is 24.7. The molecule has 7 nitrogen and oxygen atoms in total. The van der Waals surface area contributed by atoms with E-state index < -0.39 is 15.9 Å². The summed E-state index contributed by atoms with van der Waals surface area (Å²) < 4.78 is 25.5. The predicted molar refractivity (Wildman–Crippen MR) is 112 cm³/mol. The summed E-state index contributed by atoms with van der Waals surface area (Å²) in [5.74, 6) is -0.831. The molecular weight excluding hydrogens is 390 g/mol. The maximum absolute atomic E-state index is 12.4. The first kappa shape index (κ1) is 22.6. The quantitative estimate of drug-likeness (QED) is 0.689. The standard InChI is InChI=1S/C21H27N3O4S/c1-5-19(16-11-9-15(2)10-12-16)23-20(25)14-22-21(26)17-7-6-8-18(13-17)29(27,28)24(3)4/h6-13,19H,5,14H2,1-4H3,(H,22,26)(H,23,25)/t19-/m1/s1. The van der Waals surface area contributed by atoms with Gasteiger partial charge in [0.2, 0.25) is 15.9 Å². The van der Waals surface area contributed by atoms with Gasteiger partial charge in [-0.1, -0.05) is 42.8 Å². The third-order valence-electron chi connectivity index (χ3n) is 4.51. The van der Waals surface area contributed by atoms with E-state index in [4.69, 9.17) is 0 Å². The topological polar surface area (TPSA) is 95.6 Å². The highest BCUT2D eigenvalue weighted by molar-refractivity contribution is 7.89. The Hall–Kier alpha value is -2.71. The number of benzene rings is 2. The summed E-state index contributed by atoms with van der Waals surface area (Å²) in [6.45, 7) is 3.77. The highest BCUT2D eigenvalue weighted by Crippen LogP contribution is 2.17. The smallest absolute Gasteiger partial charge is 0.251 e. The van der Waals surface area contributed by atoms with Crippen molar-refractivity contribution in [3.63, 3.8) is 0 Å². The summed E-state index contributed by atoms with van der Waals surface area (Å²) in [7, 11) is -0.801. The number of hydrogen-bond donors (Lipinski definition) is 2. The molecule has 2 aromatic carbocycles. The molecule has 2 rings (SSSR count). The minimum absolute atomic E-state index is 0.0185. The molecule has 2 amide bonds. The fraction of sp³-hybridized carbons (Fsp3) is 0.333. The Bertz CT molecular complexity index is 970. The van der Waals surface area contributed by atoms with E-state index >= 15 is 0 Å². The number of hydrogen-bond acceptors (Lipinski definition) is 4. The van der Waals surface area contributed by atoms with Crippen molar-refractivity contribution in [3.8, 4) is 0 Å². The second-order valence-corrected chi connectivity index (χ2v) is 9.09. The minimum Gasteiger partial charge on any atom is -0.348 e. The number of rotatable bonds is 8. The Kier molecular flexibility index (Phi) is 7.53. The van der Waals surface area contributed by atoms with E-state index in [1.807, 2.05) is 38.1 Å². The molecule has 156 valence electrons. The molecule has 2 aromatic rings. The van der Waals surface area contributed by atoms with Crippen molar-refractivity contribution in [2.75, 3.05) is 20.6 Å². The first-order valence-electron chi connectivity index (χ1n) is 9.32. The monoisotopic (exact) mass is 417 g/mol. The largest absolute Gasteiger partial charge is 0.348 e. The lowest BCUT2D eigenvalue weighted by atomic mass is 10.0. The highest BCUT2D eigenvalue weighted by atomic mass is 32.2. The van der Waals surface area contributed by atoms with Gasteiger partial charge in [0, 0.05) is 19.7 Å². The number of amides is 2. The molecule has 0 fully saturated rings. The molecule has 8 heteroatoms. The Morgan fingerprint density at radius 1 is 1.07 bits per heavy atom.